The van der Waals surface area contributed by atoms with Crippen LogP contribution in [0.3, 0.4) is 0 Å². The van der Waals surface area contributed by atoms with E-state index in [1.54, 1.807) is 12.1 Å². The zero-order valence-corrected chi connectivity index (χ0v) is 11.1. The van der Waals surface area contributed by atoms with Gasteiger partial charge in [-0.3, -0.25) is 4.79 Å². The minimum atomic E-state index is -0.317. The van der Waals surface area contributed by atoms with E-state index in [1.807, 2.05) is 30.3 Å². The Bertz CT molecular complexity index is 616. The third-order valence-electron chi connectivity index (χ3n) is 3.19. The summed E-state index contributed by atoms with van der Waals surface area (Å²) in [5, 5.41) is 0. The van der Waals surface area contributed by atoms with Crippen LogP contribution in [0.2, 0.25) is 0 Å². The second-order valence-corrected chi connectivity index (χ2v) is 4.67. The molecule has 1 atom stereocenters. The standard InChI is InChI=1S/C17H14O3/c1-12(18)19-15-9-6-14(7-10-15)17-11-8-13-4-2-3-5-16(13)20-17/h2,4-7,9-11,17H,8H2,1H3. The van der Waals surface area contributed by atoms with E-state index in [4.69, 9.17) is 9.47 Å². The Balaban J connectivity index is 1.76. The predicted molar refractivity (Wildman–Crippen MR) is 74.4 cm³/mol. The van der Waals surface area contributed by atoms with Gasteiger partial charge in [-0.2, -0.15) is 0 Å². The number of benzene rings is 2. The highest BCUT2D eigenvalue weighted by molar-refractivity contribution is 5.69. The van der Waals surface area contributed by atoms with E-state index < -0.39 is 0 Å². The van der Waals surface area contributed by atoms with Crippen LogP contribution in [-0.2, 0) is 11.2 Å². The van der Waals surface area contributed by atoms with Crippen LogP contribution in [0.5, 0.6) is 11.5 Å². The quantitative estimate of drug-likeness (QED) is 0.618. The molecule has 0 fully saturated rings. The van der Waals surface area contributed by atoms with Gasteiger partial charge in [0.05, 0.1) is 0 Å². The van der Waals surface area contributed by atoms with Crippen LogP contribution >= 0.6 is 0 Å². The second kappa shape index (κ2) is 5.37. The van der Waals surface area contributed by atoms with Crippen LogP contribution in [0.25, 0.3) is 0 Å². The van der Waals surface area contributed by atoms with Crippen LogP contribution < -0.4 is 9.47 Å². The summed E-state index contributed by atoms with van der Waals surface area (Å²) in [6.45, 7) is 1.39. The first kappa shape index (κ1) is 12.7. The maximum atomic E-state index is 10.9. The summed E-state index contributed by atoms with van der Waals surface area (Å²) in [7, 11) is 0. The number of fused-ring (bicyclic) bond motifs is 1. The van der Waals surface area contributed by atoms with E-state index in [-0.39, 0.29) is 12.1 Å². The second-order valence-electron chi connectivity index (χ2n) is 4.67. The molecule has 20 heavy (non-hydrogen) atoms. The van der Waals surface area contributed by atoms with Crippen molar-refractivity contribution in [2.75, 3.05) is 0 Å². The van der Waals surface area contributed by atoms with Crippen molar-refractivity contribution in [3.05, 3.63) is 66.1 Å². The highest BCUT2D eigenvalue weighted by Gasteiger charge is 2.21. The monoisotopic (exact) mass is 266 g/mol. The zero-order valence-electron chi connectivity index (χ0n) is 11.1. The number of esters is 1. The summed E-state index contributed by atoms with van der Waals surface area (Å²) in [5.41, 5.74) is 2.21. The SMILES string of the molecule is CC(=O)Oc1ccc(C2[CH]Cc3cc[c]cc3O2)cc1. The van der Waals surface area contributed by atoms with Gasteiger partial charge in [0.15, 0.2) is 0 Å². The highest BCUT2D eigenvalue weighted by Crippen LogP contribution is 2.34. The minimum Gasteiger partial charge on any atom is -0.485 e. The van der Waals surface area contributed by atoms with Crippen molar-refractivity contribution in [1.82, 2.24) is 0 Å². The molecule has 1 heterocycles. The van der Waals surface area contributed by atoms with Gasteiger partial charge in [-0.1, -0.05) is 24.3 Å². The third kappa shape index (κ3) is 2.67. The number of hydrogen-bond acceptors (Lipinski definition) is 3. The Labute approximate surface area is 118 Å². The van der Waals surface area contributed by atoms with E-state index in [0.717, 1.165) is 17.7 Å². The average molecular weight is 266 g/mol. The first-order chi connectivity index (χ1) is 9.72. The summed E-state index contributed by atoms with van der Waals surface area (Å²) in [6.07, 6.45) is 2.92. The topological polar surface area (TPSA) is 35.5 Å². The smallest absolute Gasteiger partial charge is 0.308 e. The van der Waals surface area contributed by atoms with Crippen LogP contribution in [0.1, 0.15) is 24.2 Å². The van der Waals surface area contributed by atoms with Gasteiger partial charge in [-0.25, -0.2) is 0 Å². The number of rotatable bonds is 2. The van der Waals surface area contributed by atoms with Gasteiger partial charge in [0, 0.05) is 13.3 Å². The molecular formula is C17H14O3. The van der Waals surface area contributed by atoms with Gasteiger partial charge in [0.2, 0.25) is 0 Å². The molecule has 2 radical (unpaired) electrons. The molecule has 0 saturated heterocycles. The molecule has 0 saturated carbocycles. The fourth-order valence-electron chi connectivity index (χ4n) is 2.24. The summed E-state index contributed by atoms with van der Waals surface area (Å²) in [5.74, 6) is 1.11. The minimum absolute atomic E-state index is 0.0790. The summed E-state index contributed by atoms with van der Waals surface area (Å²) in [4.78, 5) is 10.9. The van der Waals surface area contributed by atoms with Crippen molar-refractivity contribution >= 4 is 5.97 Å². The van der Waals surface area contributed by atoms with Crippen molar-refractivity contribution in [2.24, 2.45) is 0 Å². The molecule has 2 aromatic carbocycles. The molecule has 1 aliphatic heterocycles. The molecule has 0 N–H and O–H groups in total. The van der Waals surface area contributed by atoms with Gasteiger partial charge in [0.1, 0.15) is 17.6 Å². The van der Waals surface area contributed by atoms with Crippen molar-refractivity contribution in [3.8, 4) is 11.5 Å². The zero-order chi connectivity index (χ0) is 13.9. The molecule has 0 aliphatic carbocycles. The maximum absolute atomic E-state index is 10.9. The lowest BCUT2D eigenvalue weighted by Gasteiger charge is -2.26. The molecular weight excluding hydrogens is 252 g/mol. The van der Waals surface area contributed by atoms with Crippen molar-refractivity contribution in [3.63, 3.8) is 0 Å². The molecule has 2 aromatic rings. The normalized spacial score (nSPS) is 16.9. The van der Waals surface area contributed by atoms with Crippen LogP contribution in [0.4, 0.5) is 0 Å². The Kier molecular flexibility index (Phi) is 3.42. The van der Waals surface area contributed by atoms with E-state index in [2.05, 4.69) is 12.5 Å². The highest BCUT2D eigenvalue weighted by atomic mass is 16.5. The van der Waals surface area contributed by atoms with Gasteiger partial charge in [-0.05, 0) is 41.8 Å². The number of carbonyl (C=O) groups is 1. The molecule has 100 valence electrons. The Morgan fingerprint density at radius 2 is 2.10 bits per heavy atom. The van der Waals surface area contributed by atoms with E-state index in [9.17, 15) is 4.79 Å². The number of ether oxygens (including phenoxy) is 2. The Morgan fingerprint density at radius 3 is 2.85 bits per heavy atom. The first-order valence-electron chi connectivity index (χ1n) is 6.50. The molecule has 3 heteroatoms. The van der Waals surface area contributed by atoms with E-state index >= 15 is 0 Å². The molecule has 3 rings (SSSR count). The van der Waals surface area contributed by atoms with Crippen molar-refractivity contribution in [2.45, 2.75) is 19.4 Å². The first-order valence-corrected chi connectivity index (χ1v) is 6.50. The number of carbonyl (C=O) groups excluding carboxylic acids is 1. The molecule has 0 amide bonds. The summed E-state index contributed by atoms with van der Waals surface area (Å²) in [6, 6.07) is 16.2. The summed E-state index contributed by atoms with van der Waals surface area (Å²) >= 11 is 0. The Hall–Kier alpha value is -2.29. The molecule has 1 unspecified atom stereocenters. The summed E-state index contributed by atoms with van der Waals surface area (Å²) < 4.78 is 11.0. The third-order valence-corrected chi connectivity index (χ3v) is 3.19. The molecule has 3 nitrogen and oxygen atoms in total. The lowest BCUT2D eigenvalue weighted by molar-refractivity contribution is -0.131. The van der Waals surface area contributed by atoms with Gasteiger partial charge in [-0.15, -0.1) is 0 Å². The maximum Gasteiger partial charge on any atom is 0.308 e. The van der Waals surface area contributed by atoms with Crippen LogP contribution in [-0.4, -0.2) is 5.97 Å². The predicted octanol–water partition coefficient (Wildman–Crippen LogP) is 3.29. The molecule has 0 aromatic heterocycles. The van der Waals surface area contributed by atoms with Crippen LogP contribution in [0, 0.1) is 12.5 Å². The number of hydrogen-bond donors (Lipinski definition) is 0. The van der Waals surface area contributed by atoms with Crippen molar-refractivity contribution in [1.29, 1.82) is 0 Å². The van der Waals surface area contributed by atoms with Crippen LogP contribution in [0.15, 0.2) is 42.5 Å². The van der Waals surface area contributed by atoms with Crippen molar-refractivity contribution < 1.29 is 14.3 Å². The fraction of sp³-hybridized carbons (Fsp3) is 0.176. The lowest BCUT2D eigenvalue weighted by atomic mass is 9.97. The molecule has 0 bridgehead atoms. The van der Waals surface area contributed by atoms with Gasteiger partial charge < -0.3 is 9.47 Å². The molecule has 1 aliphatic rings. The van der Waals surface area contributed by atoms with Gasteiger partial charge >= 0.3 is 5.97 Å². The Morgan fingerprint density at radius 1 is 1.30 bits per heavy atom. The lowest BCUT2D eigenvalue weighted by Crippen LogP contribution is -2.15. The van der Waals surface area contributed by atoms with E-state index in [0.29, 0.717) is 5.75 Å². The van der Waals surface area contributed by atoms with Gasteiger partial charge in [0.25, 0.3) is 0 Å². The molecule has 0 spiro atoms. The average Bonchev–Trinajstić information content (AvgIpc) is 2.47. The largest absolute Gasteiger partial charge is 0.485 e. The fourth-order valence-corrected chi connectivity index (χ4v) is 2.24. The van der Waals surface area contributed by atoms with E-state index in [1.165, 1.54) is 12.5 Å².